The van der Waals surface area contributed by atoms with Crippen LogP contribution in [0.25, 0.3) is 0 Å². The Bertz CT molecular complexity index is 1620. The predicted octanol–water partition coefficient (Wildman–Crippen LogP) is 5.23. The zero-order valence-corrected chi connectivity index (χ0v) is 26.3. The Morgan fingerprint density at radius 1 is 1.09 bits per heavy atom. The SMILES string of the molecule is CCCNC(=O)[C@@H](CC)N(Cc1ccc(F)cc1)C(=O)CN(c1cc(Cl)ccc1OC)S(=O)(=O)c1ccc(C)c([N+](=O)[O-])c1. The van der Waals surface area contributed by atoms with Gasteiger partial charge in [0.25, 0.3) is 15.7 Å². The third kappa shape index (κ3) is 8.03. The maximum atomic E-state index is 14.2. The van der Waals surface area contributed by atoms with Crippen LogP contribution >= 0.6 is 11.6 Å². The number of nitro benzene ring substituents is 1. The molecule has 0 fully saturated rings. The molecule has 0 aliphatic heterocycles. The van der Waals surface area contributed by atoms with E-state index in [-0.39, 0.29) is 35.0 Å². The number of ether oxygens (including phenoxy) is 1. The van der Waals surface area contributed by atoms with E-state index in [4.69, 9.17) is 16.3 Å². The van der Waals surface area contributed by atoms with E-state index in [1.165, 1.54) is 73.5 Å². The summed E-state index contributed by atoms with van der Waals surface area (Å²) in [6.45, 7) is 4.46. The van der Waals surface area contributed by atoms with Crippen molar-refractivity contribution in [1.82, 2.24) is 10.2 Å². The lowest BCUT2D eigenvalue weighted by Gasteiger charge is -2.33. The molecule has 44 heavy (non-hydrogen) atoms. The van der Waals surface area contributed by atoms with E-state index in [2.05, 4.69) is 5.32 Å². The summed E-state index contributed by atoms with van der Waals surface area (Å²) in [5.41, 5.74) is 0.227. The largest absolute Gasteiger partial charge is 0.495 e. The van der Waals surface area contributed by atoms with Crippen LogP contribution in [0.2, 0.25) is 5.02 Å². The summed E-state index contributed by atoms with van der Waals surface area (Å²) in [5.74, 6) is -1.63. The highest BCUT2D eigenvalue weighted by atomic mass is 35.5. The van der Waals surface area contributed by atoms with Gasteiger partial charge in [0, 0.05) is 29.7 Å². The van der Waals surface area contributed by atoms with E-state index in [1.54, 1.807) is 6.92 Å². The van der Waals surface area contributed by atoms with Crippen LogP contribution in [0.4, 0.5) is 15.8 Å². The number of rotatable bonds is 14. The average molecular weight is 649 g/mol. The van der Waals surface area contributed by atoms with Gasteiger partial charge in [0.1, 0.15) is 24.2 Å². The molecule has 0 saturated heterocycles. The van der Waals surface area contributed by atoms with Crippen molar-refractivity contribution in [2.24, 2.45) is 0 Å². The molecule has 0 saturated carbocycles. The first kappa shape index (κ1) is 34.3. The van der Waals surface area contributed by atoms with E-state index in [1.807, 2.05) is 6.92 Å². The molecule has 0 spiro atoms. The number of hydrogen-bond donors (Lipinski definition) is 1. The van der Waals surface area contributed by atoms with E-state index in [9.17, 15) is 32.5 Å². The summed E-state index contributed by atoms with van der Waals surface area (Å²) in [5, 5.41) is 14.5. The van der Waals surface area contributed by atoms with Crippen molar-refractivity contribution in [1.29, 1.82) is 0 Å². The van der Waals surface area contributed by atoms with Crippen LogP contribution < -0.4 is 14.4 Å². The van der Waals surface area contributed by atoms with Crippen LogP contribution in [0.3, 0.4) is 0 Å². The molecule has 14 heteroatoms. The Morgan fingerprint density at radius 3 is 2.36 bits per heavy atom. The molecular weight excluding hydrogens is 615 g/mol. The van der Waals surface area contributed by atoms with Gasteiger partial charge >= 0.3 is 0 Å². The molecule has 0 bridgehead atoms. The van der Waals surface area contributed by atoms with Crippen molar-refractivity contribution in [3.05, 3.63) is 92.7 Å². The minimum atomic E-state index is -4.66. The quantitative estimate of drug-likeness (QED) is 0.186. The standard InChI is InChI=1S/C30H34ClFN4O7S/c1-5-15-33-30(38)25(6-2)34(18-21-8-11-23(32)12-9-21)29(37)19-35(27-16-22(31)10-14-28(27)43-4)44(41,42)24-13-7-20(3)26(17-24)36(39)40/h7-14,16-17,25H,5-6,15,18-19H2,1-4H3,(H,33,38)/t25-/m1/s1. The van der Waals surface area contributed by atoms with E-state index < -0.39 is 55.7 Å². The monoisotopic (exact) mass is 648 g/mol. The highest BCUT2D eigenvalue weighted by molar-refractivity contribution is 7.92. The van der Waals surface area contributed by atoms with Crippen LogP contribution in [-0.4, -0.2) is 56.3 Å². The van der Waals surface area contributed by atoms with Gasteiger partial charge < -0.3 is 15.0 Å². The first-order valence-electron chi connectivity index (χ1n) is 13.8. The van der Waals surface area contributed by atoms with Gasteiger partial charge in [-0.15, -0.1) is 0 Å². The third-order valence-corrected chi connectivity index (χ3v) is 8.85. The van der Waals surface area contributed by atoms with Gasteiger partial charge in [0.15, 0.2) is 0 Å². The number of carbonyl (C=O) groups is 2. The number of sulfonamides is 1. The van der Waals surface area contributed by atoms with Crippen molar-refractivity contribution < 1.29 is 32.1 Å². The number of anilines is 1. The predicted molar refractivity (Wildman–Crippen MR) is 165 cm³/mol. The number of carbonyl (C=O) groups excluding carboxylic acids is 2. The first-order chi connectivity index (χ1) is 20.8. The Morgan fingerprint density at radius 2 is 1.77 bits per heavy atom. The second-order valence-corrected chi connectivity index (χ2v) is 12.2. The van der Waals surface area contributed by atoms with Crippen molar-refractivity contribution in [3.63, 3.8) is 0 Å². The molecule has 0 radical (unpaired) electrons. The second-order valence-electron chi connectivity index (χ2n) is 9.90. The van der Waals surface area contributed by atoms with Gasteiger partial charge in [-0.25, -0.2) is 12.8 Å². The number of hydrogen-bond acceptors (Lipinski definition) is 7. The number of methoxy groups -OCH3 is 1. The molecule has 11 nitrogen and oxygen atoms in total. The van der Waals surface area contributed by atoms with E-state index >= 15 is 0 Å². The Kier molecular flexibility index (Phi) is 11.7. The molecule has 0 aromatic heterocycles. The zero-order valence-electron chi connectivity index (χ0n) is 24.7. The summed E-state index contributed by atoms with van der Waals surface area (Å²) in [7, 11) is -3.35. The molecule has 0 aliphatic rings. The Hall–Kier alpha value is -4.23. The normalized spacial score (nSPS) is 11.9. The van der Waals surface area contributed by atoms with Gasteiger partial charge in [-0.05, 0) is 61.7 Å². The smallest absolute Gasteiger partial charge is 0.273 e. The summed E-state index contributed by atoms with van der Waals surface area (Å²) in [4.78, 5) is 39.1. The van der Waals surface area contributed by atoms with Crippen LogP contribution in [0.5, 0.6) is 5.75 Å². The van der Waals surface area contributed by atoms with E-state index in [0.717, 1.165) is 10.4 Å². The number of nitrogens with one attached hydrogen (secondary N) is 1. The molecule has 3 rings (SSSR count). The molecule has 236 valence electrons. The fourth-order valence-corrected chi connectivity index (χ4v) is 6.12. The third-order valence-electron chi connectivity index (χ3n) is 6.86. The molecule has 0 unspecified atom stereocenters. The van der Waals surface area contributed by atoms with Gasteiger partial charge in [0.05, 0.1) is 22.6 Å². The highest BCUT2D eigenvalue weighted by Gasteiger charge is 2.35. The van der Waals surface area contributed by atoms with Gasteiger partial charge in [-0.3, -0.25) is 24.0 Å². The van der Waals surface area contributed by atoms with Crippen LogP contribution in [0.1, 0.15) is 37.8 Å². The molecule has 0 aliphatic carbocycles. The minimum absolute atomic E-state index is 0.0604. The summed E-state index contributed by atoms with van der Waals surface area (Å²) >= 11 is 6.24. The first-order valence-corrected chi connectivity index (χ1v) is 15.6. The number of amides is 2. The summed E-state index contributed by atoms with van der Waals surface area (Å²) < 4.78 is 48.2. The Labute approximate surface area is 260 Å². The molecule has 3 aromatic rings. The van der Waals surface area contributed by atoms with Gasteiger partial charge in [0.2, 0.25) is 11.8 Å². The van der Waals surface area contributed by atoms with Crippen molar-refractivity contribution >= 4 is 44.8 Å². The van der Waals surface area contributed by atoms with Crippen LogP contribution in [-0.2, 0) is 26.2 Å². The number of benzene rings is 3. The number of aryl methyl sites for hydroxylation is 1. The van der Waals surface area contributed by atoms with Crippen molar-refractivity contribution in [2.45, 2.75) is 51.1 Å². The van der Waals surface area contributed by atoms with Gasteiger partial charge in [-0.2, -0.15) is 0 Å². The van der Waals surface area contributed by atoms with Crippen LogP contribution in [0, 0.1) is 22.9 Å². The second kappa shape index (κ2) is 15.0. The maximum Gasteiger partial charge on any atom is 0.273 e. The topological polar surface area (TPSA) is 139 Å². The molecular formula is C30H34ClFN4O7S. The van der Waals surface area contributed by atoms with E-state index in [0.29, 0.717) is 18.5 Å². The molecule has 2 amide bonds. The maximum absolute atomic E-state index is 14.2. The molecule has 1 N–H and O–H groups in total. The minimum Gasteiger partial charge on any atom is -0.495 e. The van der Waals surface area contributed by atoms with Crippen LogP contribution in [0.15, 0.2) is 65.6 Å². The summed E-state index contributed by atoms with van der Waals surface area (Å²) in [6, 6.07) is 12.0. The Balaban J connectivity index is 2.18. The van der Waals surface area contributed by atoms with Gasteiger partial charge in [-0.1, -0.05) is 43.6 Å². The number of halogens is 2. The summed E-state index contributed by atoms with van der Waals surface area (Å²) in [6.07, 6.45) is 0.844. The van der Waals surface area contributed by atoms with Crippen molar-refractivity contribution in [3.8, 4) is 5.75 Å². The average Bonchev–Trinajstić information content (AvgIpc) is 2.99. The molecule has 0 heterocycles. The lowest BCUT2D eigenvalue weighted by atomic mass is 10.1. The fourth-order valence-electron chi connectivity index (χ4n) is 4.52. The molecule has 3 aromatic carbocycles. The lowest BCUT2D eigenvalue weighted by Crippen LogP contribution is -2.52. The number of nitrogens with zero attached hydrogens (tertiary/aromatic N) is 3. The zero-order chi connectivity index (χ0) is 32.6. The van der Waals surface area contributed by atoms with Crippen molar-refractivity contribution in [2.75, 3.05) is 24.5 Å². The fraction of sp³-hybridized carbons (Fsp3) is 0.333. The number of nitro groups is 1. The molecule has 1 atom stereocenters. The lowest BCUT2D eigenvalue weighted by molar-refractivity contribution is -0.385. The highest BCUT2D eigenvalue weighted by Crippen LogP contribution is 2.36.